The lowest BCUT2D eigenvalue weighted by Gasteiger charge is -2.12. The van der Waals surface area contributed by atoms with Crippen molar-refractivity contribution in [1.82, 2.24) is 0 Å². The summed E-state index contributed by atoms with van der Waals surface area (Å²) in [6.45, 7) is 12.7. The molecule has 0 aromatic heterocycles. The summed E-state index contributed by atoms with van der Waals surface area (Å²) in [5.74, 6) is 0.660. The Morgan fingerprint density at radius 2 is 1.88 bits per heavy atom. The number of hydrogen-bond donors (Lipinski definition) is 0. The van der Waals surface area contributed by atoms with Gasteiger partial charge in [-0.3, -0.25) is 0 Å². The lowest BCUT2D eigenvalue weighted by Crippen LogP contribution is -1.93. The van der Waals surface area contributed by atoms with Gasteiger partial charge in [0, 0.05) is 0 Å². The van der Waals surface area contributed by atoms with Gasteiger partial charge in [0.05, 0.1) is 0 Å². The van der Waals surface area contributed by atoms with E-state index in [1.807, 2.05) is 0 Å². The molecule has 0 nitrogen and oxygen atoms in total. The fraction of sp³-hybridized carbons (Fsp3) is 0.412. The predicted molar refractivity (Wildman–Crippen MR) is 78.2 cm³/mol. The minimum Gasteiger partial charge on any atom is -0.0955 e. The van der Waals surface area contributed by atoms with Crippen molar-refractivity contribution in [2.24, 2.45) is 0 Å². The maximum atomic E-state index is 4.02. The van der Waals surface area contributed by atoms with Crippen molar-refractivity contribution in [1.29, 1.82) is 0 Å². The van der Waals surface area contributed by atoms with Gasteiger partial charge in [-0.2, -0.15) is 0 Å². The fourth-order valence-corrected chi connectivity index (χ4v) is 2.25. The third-order valence-corrected chi connectivity index (χ3v) is 3.26. The highest BCUT2D eigenvalue weighted by Gasteiger charge is 2.05. The molecule has 0 amide bonds. The predicted octanol–water partition coefficient (Wildman–Crippen LogP) is 5.57. The lowest BCUT2D eigenvalue weighted by molar-refractivity contribution is 0.665. The topological polar surface area (TPSA) is 0 Å². The van der Waals surface area contributed by atoms with Crippen LogP contribution in [-0.4, -0.2) is 0 Å². The zero-order chi connectivity index (χ0) is 12.8. The molecule has 0 spiro atoms. The van der Waals surface area contributed by atoms with Gasteiger partial charge in [-0.05, 0) is 42.9 Å². The van der Waals surface area contributed by atoms with Crippen molar-refractivity contribution in [2.75, 3.05) is 0 Å². The lowest BCUT2D eigenvalue weighted by atomic mass is 9.93. The van der Waals surface area contributed by atoms with Crippen LogP contribution in [0.2, 0.25) is 0 Å². The first-order valence-electron chi connectivity index (χ1n) is 6.52. The summed E-state index contributed by atoms with van der Waals surface area (Å²) in [6, 6.07) is 8.93. The molecule has 0 radical (unpaired) electrons. The summed E-state index contributed by atoms with van der Waals surface area (Å²) < 4.78 is 0. The van der Waals surface area contributed by atoms with E-state index in [4.69, 9.17) is 0 Å². The Balaban J connectivity index is 2.91. The molecular formula is C17H24. The van der Waals surface area contributed by atoms with Crippen LogP contribution in [0.1, 0.15) is 57.6 Å². The van der Waals surface area contributed by atoms with Gasteiger partial charge in [0.2, 0.25) is 0 Å². The summed E-state index contributed by atoms with van der Waals surface area (Å²) in [5.41, 5.74) is 5.08. The van der Waals surface area contributed by atoms with Crippen molar-refractivity contribution in [3.8, 4) is 0 Å². The minimum atomic E-state index is 0.660. The molecular weight excluding hydrogens is 204 g/mol. The number of rotatable bonds is 5. The van der Waals surface area contributed by atoms with Crippen LogP contribution in [-0.2, 0) is 0 Å². The molecule has 0 saturated heterocycles. The average molecular weight is 228 g/mol. The highest BCUT2D eigenvalue weighted by Crippen LogP contribution is 2.25. The molecule has 0 N–H and O–H groups in total. The summed E-state index contributed by atoms with van der Waals surface area (Å²) in [5, 5.41) is 0. The van der Waals surface area contributed by atoms with Crippen LogP contribution in [0, 0.1) is 0 Å². The molecule has 0 aliphatic rings. The molecule has 0 bridgehead atoms. The van der Waals surface area contributed by atoms with Crippen LogP contribution < -0.4 is 0 Å². The maximum absolute atomic E-state index is 4.02. The normalized spacial score (nSPS) is 13.5. The molecule has 0 unspecified atom stereocenters. The van der Waals surface area contributed by atoms with Crippen LogP contribution in [0.4, 0.5) is 0 Å². The molecule has 17 heavy (non-hydrogen) atoms. The highest BCUT2D eigenvalue weighted by atomic mass is 14.1. The highest BCUT2D eigenvalue weighted by molar-refractivity contribution is 5.77. The van der Waals surface area contributed by atoms with Crippen molar-refractivity contribution in [3.05, 3.63) is 53.6 Å². The SMILES string of the molecule is C=C(C)/C(=C\C)c1ccc([C@H](C)CCC)cc1. The van der Waals surface area contributed by atoms with Gasteiger partial charge in [-0.1, -0.05) is 62.8 Å². The smallest absolute Gasteiger partial charge is 0.0185 e. The van der Waals surface area contributed by atoms with Crippen LogP contribution in [0.25, 0.3) is 5.57 Å². The number of hydrogen-bond acceptors (Lipinski definition) is 0. The molecule has 0 aliphatic carbocycles. The van der Waals surface area contributed by atoms with Crippen LogP contribution in [0.5, 0.6) is 0 Å². The first kappa shape index (κ1) is 13.8. The van der Waals surface area contributed by atoms with Gasteiger partial charge < -0.3 is 0 Å². The third kappa shape index (κ3) is 3.59. The fourth-order valence-electron chi connectivity index (χ4n) is 2.25. The van der Waals surface area contributed by atoms with E-state index in [1.165, 1.54) is 29.5 Å². The van der Waals surface area contributed by atoms with Gasteiger partial charge in [0.15, 0.2) is 0 Å². The Hall–Kier alpha value is -1.30. The van der Waals surface area contributed by atoms with Crippen molar-refractivity contribution in [3.63, 3.8) is 0 Å². The number of benzene rings is 1. The molecule has 1 rings (SSSR count). The summed E-state index contributed by atoms with van der Waals surface area (Å²) >= 11 is 0. The van der Waals surface area contributed by atoms with E-state index >= 15 is 0 Å². The molecule has 1 aromatic rings. The largest absolute Gasteiger partial charge is 0.0955 e. The van der Waals surface area contributed by atoms with E-state index in [-0.39, 0.29) is 0 Å². The van der Waals surface area contributed by atoms with Crippen molar-refractivity contribution < 1.29 is 0 Å². The van der Waals surface area contributed by atoms with E-state index in [0.29, 0.717) is 5.92 Å². The third-order valence-electron chi connectivity index (χ3n) is 3.26. The van der Waals surface area contributed by atoms with Gasteiger partial charge in [0.25, 0.3) is 0 Å². The summed E-state index contributed by atoms with van der Waals surface area (Å²) in [4.78, 5) is 0. The van der Waals surface area contributed by atoms with Gasteiger partial charge >= 0.3 is 0 Å². The second kappa shape index (κ2) is 6.44. The molecule has 1 aromatic carbocycles. The van der Waals surface area contributed by atoms with E-state index in [1.54, 1.807) is 0 Å². The van der Waals surface area contributed by atoms with E-state index in [2.05, 4.69) is 64.6 Å². The molecule has 92 valence electrons. The summed E-state index contributed by atoms with van der Waals surface area (Å²) in [7, 11) is 0. The maximum Gasteiger partial charge on any atom is -0.0185 e. The Bertz CT molecular complexity index is 393. The van der Waals surface area contributed by atoms with Crippen molar-refractivity contribution >= 4 is 5.57 Å². The summed E-state index contributed by atoms with van der Waals surface area (Å²) in [6.07, 6.45) is 4.64. The zero-order valence-corrected chi connectivity index (χ0v) is 11.6. The van der Waals surface area contributed by atoms with Gasteiger partial charge in [-0.15, -0.1) is 0 Å². The molecule has 0 aliphatic heterocycles. The van der Waals surface area contributed by atoms with Gasteiger partial charge in [0.1, 0.15) is 0 Å². The Morgan fingerprint density at radius 3 is 2.29 bits per heavy atom. The molecule has 0 heteroatoms. The minimum absolute atomic E-state index is 0.660. The van der Waals surface area contributed by atoms with E-state index in [0.717, 1.165) is 5.57 Å². The molecule has 0 heterocycles. The Morgan fingerprint density at radius 1 is 1.29 bits per heavy atom. The first-order chi connectivity index (χ1) is 8.10. The second-order valence-electron chi connectivity index (χ2n) is 4.79. The van der Waals surface area contributed by atoms with Crippen LogP contribution in [0.15, 0.2) is 42.5 Å². The Labute approximate surface area is 106 Å². The van der Waals surface area contributed by atoms with Crippen molar-refractivity contribution in [2.45, 2.75) is 46.5 Å². The molecule has 0 saturated carbocycles. The Kier molecular flexibility index (Phi) is 5.21. The second-order valence-corrected chi connectivity index (χ2v) is 4.79. The van der Waals surface area contributed by atoms with E-state index in [9.17, 15) is 0 Å². The van der Waals surface area contributed by atoms with Gasteiger partial charge in [-0.25, -0.2) is 0 Å². The number of allylic oxidation sites excluding steroid dienone is 3. The average Bonchev–Trinajstić information content (AvgIpc) is 2.30. The monoisotopic (exact) mass is 228 g/mol. The van der Waals surface area contributed by atoms with E-state index < -0.39 is 0 Å². The first-order valence-corrected chi connectivity index (χ1v) is 6.52. The zero-order valence-electron chi connectivity index (χ0n) is 11.6. The quantitative estimate of drug-likeness (QED) is 0.578. The van der Waals surface area contributed by atoms with Crippen LogP contribution in [0.3, 0.4) is 0 Å². The standard InChI is InChI=1S/C17H24/c1-6-8-14(5)15-9-11-16(12-10-15)17(7-2)13(3)4/h7,9-12,14H,3,6,8H2,1-2,4-5H3/b17-7+/t14-/m1/s1. The van der Waals surface area contributed by atoms with Crippen LogP contribution >= 0.6 is 0 Å². The molecule has 1 atom stereocenters. The molecule has 0 fully saturated rings.